The van der Waals surface area contributed by atoms with Gasteiger partial charge in [-0.3, -0.25) is 4.98 Å². The Morgan fingerprint density at radius 1 is 1.35 bits per heavy atom. The summed E-state index contributed by atoms with van der Waals surface area (Å²) in [5, 5.41) is 0. The van der Waals surface area contributed by atoms with Crippen LogP contribution in [0.2, 0.25) is 0 Å². The molecule has 3 rings (SSSR count). The van der Waals surface area contributed by atoms with Crippen LogP contribution in [0.3, 0.4) is 0 Å². The molecule has 0 N–H and O–H groups in total. The van der Waals surface area contributed by atoms with Gasteiger partial charge in [0.25, 0.3) is 0 Å². The fourth-order valence-corrected chi connectivity index (χ4v) is 4.64. The molecular formula is C16H24N2O4S. The first-order valence-electron chi connectivity index (χ1n) is 8.06. The lowest BCUT2D eigenvalue weighted by Crippen LogP contribution is -2.45. The summed E-state index contributed by atoms with van der Waals surface area (Å²) < 4.78 is 36.9. The van der Waals surface area contributed by atoms with Crippen LogP contribution in [0, 0.1) is 6.92 Å². The molecule has 0 radical (unpaired) electrons. The molecule has 0 amide bonds. The van der Waals surface area contributed by atoms with Gasteiger partial charge in [-0.25, -0.2) is 8.42 Å². The summed E-state index contributed by atoms with van der Waals surface area (Å²) in [4.78, 5) is 4.41. The molecule has 2 aliphatic heterocycles. The molecule has 2 saturated heterocycles. The number of aryl methyl sites for hydroxylation is 1. The topological polar surface area (TPSA) is 68.7 Å². The number of fused-ring (bicyclic) bond motifs is 1. The molecule has 0 saturated carbocycles. The number of pyridine rings is 1. The third-order valence-corrected chi connectivity index (χ3v) is 5.82. The van der Waals surface area contributed by atoms with Gasteiger partial charge in [-0.05, 0) is 38.3 Å². The lowest BCUT2D eigenvalue weighted by atomic mass is 10.0. The third-order valence-electron chi connectivity index (χ3n) is 4.51. The molecule has 23 heavy (non-hydrogen) atoms. The van der Waals surface area contributed by atoms with Crippen LogP contribution < -0.4 is 0 Å². The highest BCUT2D eigenvalue weighted by atomic mass is 32.2. The second kappa shape index (κ2) is 6.84. The van der Waals surface area contributed by atoms with Gasteiger partial charge < -0.3 is 9.47 Å². The van der Waals surface area contributed by atoms with E-state index in [0.29, 0.717) is 19.8 Å². The van der Waals surface area contributed by atoms with Crippen LogP contribution in [0.25, 0.3) is 0 Å². The molecule has 3 atom stereocenters. The highest BCUT2D eigenvalue weighted by Crippen LogP contribution is 2.33. The molecule has 0 aliphatic carbocycles. The molecule has 128 valence electrons. The van der Waals surface area contributed by atoms with Crippen molar-refractivity contribution in [2.24, 2.45) is 0 Å². The molecule has 0 spiro atoms. The summed E-state index contributed by atoms with van der Waals surface area (Å²) in [5.74, 6) is 0. The monoisotopic (exact) mass is 340 g/mol. The number of rotatable bonds is 5. The van der Waals surface area contributed by atoms with Crippen molar-refractivity contribution in [1.82, 2.24) is 9.29 Å². The number of hydrogen-bond acceptors (Lipinski definition) is 5. The Bertz CT molecular complexity index is 649. The number of sulfonamides is 1. The normalized spacial score (nSPS) is 28.7. The van der Waals surface area contributed by atoms with Gasteiger partial charge >= 0.3 is 0 Å². The minimum absolute atomic E-state index is 0.000287. The van der Waals surface area contributed by atoms with Gasteiger partial charge in [0, 0.05) is 12.2 Å². The highest BCUT2D eigenvalue weighted by molar-refractivity contribution is 7.88. The Morgan fingerprint density at radius 3 is 2.91 bits per heavy atom. The predicted molar refractivity (Wildman–Crippen MR) is 86.5 cm³/mol. The molecule has 2 aliphatic rings. The molecule has 0 aromatic carbocycles. The standard InChI is InChI=1S/C16H24N2O4S/c1-12-4-3-5-13(17-12)10-21-11-14-6-7-15-16(22-14)8-9-18(15)23(2,19)20/h3-5,14-16H,6-11H2,1-2H3/t14-,15?,16?/m0/s1. The van der Waals surface area contributed by atoms with E-state index in [0.717, 1.165) is 30.7 Å². The summed E-state index contributed by atoms with van der Waals surface area (Å²) in [5.41, 5.74) is 1.90. The van der Waals surface area contributed by atoms with Crippen molar-refractivity contribution in [1.29, 1.82) is 0 Å². The minimum Gasteiger partial charge on any atom is -0.372 e. The molecular weight excluding hydrogens is 316 g/mol. The second-order valence-electron chi connectivity index (χ2n) is 6.39. The fourth-order valence-electron chi connectivity index (χ4n) is 3.47. The molecule has 1 aromatic rings. The molecule has 2 unspecified atom stereocenters. The maximum Gasteiger partial charge on any atom is 0.211 e. The Balaban J connectivity index is 1.48. The van der Waals surface area contributed by atoms with Crippen LogP contribution in [0.5, 0.6) is 0 Å². The van der Waals surface area contributed by atoms with Gasteiger partial charge in [0.05, 0.1) is 43.4 Å². The van der Waals surface area contributed by atoms with E-state index < -0.39 is 10.0 Å². The van der Waals surface area contributed by atoms with Gasteiger partial charge in [0.2, 0.25) is 10.0 Å². The lowest BCUT2D eigenvalue weighted by Gasteiger charge is -2.35. The van der Waals surface area contributed by atoms with E-state index in [2.05, 4.69) is 4.98 Å². The van der Waals surface area contributed by atoms with Crippen molar-refractivity contribution < 1.29 is 17.9 Å². The SMILES string of the molecule is Cc1cccc(COC[C@@H]2CCC3C(CCN3S(C)(=O)=O)O2)n1. The molecule has 6 nitrogen and oxygen atoms in total. The highest BCUT2D eigenvalue weighted by Gasteiger charge is 2.43. The van der Waals surface area contributed by atoms with Crippen molar-refractivity contribution in [2.45, 2.75) is 51.0 Å². The molecule has 2 fully saturated rings. The predicted octanol–water partition coefficient (Wildman–Crippen LogP) is 1.49. The first-order valence-corrected chi connectivity index (χ1v) is 9.91. The zero-order valence-corrected chi connectivity index (χ0v) is 14.5. The number of hydrogen-bond donors (Lipinski definition) is 0. The van der Waals surface area contributed by atoms with Crippen LogP contribution in [0.4, 0.5) is 0 Å². The summed E-state index contributed by atoms with van der Waals surface area (Å²) in [6, 6.07) is 5.88. The summed E-state index contributed by atoms with van der Waals surface area (Å²) >= 11 is 0. The Hall–Kier alpha value is -1.02. The van der Waals surface area contributed by atoms with Crippen molar-refractivity contribution in [2.75, 3.05) is 19.4 Å². The maximum atomic E-state index is 11.8. The Labute approximate surface area is 137 Å². The van der Waals surface area contributed by atoms with Crippen molar-refractivity contribution >= 4 is 10.0 Å². The van der Waals surface area contributed by atoms with Crippen molar-refractivity contribution in [3.8, 4) is 0 Å². The smallest absolute Gasteiger partial charge is 0.211 e. The molecule has 7 heteroatoms. The molecule has 1 aromatic heterocycles. The van der Waals surface area contributed by atoms with E-state index in [1.165, 1.54) is 6.26 Å². The van der Waals surface area contributed by atoms with Crippen LogP contribution >= 0.6 is 0 Å². The Morgan fingerprint density at radius 2 is 2.17 bits per heavy atom. The van der Waals surface area contributed by atoms with Crippen molar-refractivity contribution in [3.63, 3.8) is 0 Å². The summed E-state index contributed by atoms with van der Waals surface area (Å²) in [6.07, 6.45) is 3.76. The average Bonchev–Trinajstić information content (AvgIpc) is 2.90. The van der Waals surface area contributed by atoms with E-state index in [-0.39, 0.29) is 18.2 Å². The third kappa shape index (κ3) is 4.09. The largest absolute Gasteiger partial charge is 0.372 e. The first kappa shape index (κ1) is 16.8. The molecule has 0 bridgehead atoms. The number of nitrogens with zero attached hydrogens (tertiary/aromatic N) is 2. The van der Waals surface area contributed by atoms with E-state index in [4.69, 9.17) is 9.47 Å². The Kier molecular flexibility index (Phi) is 5.01. The van der Waals surface area contributed by atoms with Gasteiger partial charge in [-0.15, -0.1) is 0 Å². The fraction of sp³-hybridized carbons (Fsp3) is 0.688. The summed E-state index contributed by atoms with van der Waals surface area (Å²) in [6.45, 7) is 3.53. The lowest BCUT2D eigenvalue weighted by molar-refractivity contribution is -0.0963. The van der Waals surface area contributed by atoms with Crippen molar-refractivity contribution in [3.05, 3.63) is 29.6 Å². The van der Waals surface area contributed by atoms with E-state index in [1.54, 1.807) is 4.31 Å². The molecule has 3 heterocycles. The van der Waals surface area contributed by atoms with E-state index in [9.17, 15) is 8.42 Å². The minimum atomic E-state index is -3.13. The average molecular weight is 340 g/mol. The van der Waals surface area contributed by atoms with Crippen LogP contribution in [0.1, 0.15) is 30.7 Å². The number of ether oxygens (including phenoxy) is 2. The van der Waals surface area contributed by atoms with Gasteiger partial charge in [-0.1, -0.05) is 6.07 Å². The second-order valence-corrected chi connectivity index (χ2v) is 8.32. The van der Waals surface area contributed by atoms with Crippen LogP contribution in [-0.2, 0) is 26.1 Å². The summed E-state index contributed by atoms with van der Waals surface area (Å²) in [7, 11) is -3.13. The first-order chi connectivity index (χ1) is 10.9. The van der Waals surface area contributed by atoms with Gasteiger partial charge in [-0.2, -0.15) is 4.31 Å². The zero-order chi connectivity index (χ0) is 16.4. The van der Waals surface area contributed by atoms with E-state index in [1.807, 2.05) is 25.1 Å². The van der Waals surface area contributed by atoms with Crippen LogP contribution in [0.15, 0.2) is 18.2 Å². The van der Waals surface area contributed by atoms with Crippen LogP contribution in [-0.4, -0.2) is 55.4 Å². The quantitative estimate of drug-likeness (QED) is 0.812. The van der Waals surface area contributed by atoms with E-state index >= 15 is 0 Å². The number of aromatic nitrogens is 1. The van der Waals surface area contributed by atoms with Gasteiger partial charge in [0.15, 0.2) is 0 Å². The van der Waals surface area contributed by atoms with Gasteiger partial charge in [0.1, 0.15) is 0 Å². The zero-order valence-electron chi connectivity index (χ0n) is 13.6. The maximum absolute atomic E-state index is 11.8.